The van der Waals surface area contributed by atoms with Crippen molar-refractivity contribution in [2.24, 2.45) is 0 Å². The molecule has 0 bridgehead atoms. The van der Waals surface area contributed by atoms with Crippen LogP contribution in [0.15, 0.2) is 28.6 Å². The molecule has 1 aromatic carbocycles. The molecule has 0 aliphatic rings. The zero-order valence-corrected chi connectivity index (χ0v) is 12.9. The van der Waals surface area contributed by atoms with E-state index in [1.807, 2.05) is 0 Å². The molecule has 0 radical (unpaired) electrons. The van der Waals surface area contributed by atoms with Crippen molar-refractivity contribution in [2.75, 3.05) is 0 Å². The molecule has 0 amide bonds. The van der Waals surface area contributed by atoms with Gasteiger partial charge in [0.1, 0.15) is 10.8 Å². The first-order chi connectivity index (χ1) is 9.33. The van der Waals surface area contributed by atoms with Crippen LogP contribution in [0.25, 0.3) is 0 Å². The van der Waals surface area contributed by atoms with Gasteiger partial charge in [-0.1, -0.05) is 23.2 Å². The van der Waals surface area contributed by atoms with Crippen LogP contribution < -0.4 is 0 Å². The van der Waals surface area contributed by atoms with Crippen molar-refractivity contribution in [1.82, 2.24) is 4.98 Å². The highest BCUT2D eigenvalue weighted by Crippen LogP contribution is 2.32. The summed E-state index contributed by atoms with van der Waals surface area (Å²) in [7, 11) is -3.79. The van der Waals surface area contributed by atoms with Crippen molar-refractivity contribution in [1.29, 1.82) is 0 Å². The van der Waals surface area contributed by atoms with Gasteiger partial charge in [-0.05, 0) is 12.1 Å². The minimum absolute atomic E-state index is 0.115. The predicted molar refractivity (Wildman–Crippen MR) is 76.4 cm³/mol. The number of hydrogen-bond donors (Lipinski definition) is 1. The minimum atomic E-state index is -3.79. The van der Waals surface area contributed by atoms with Crippen LogP contribution in [0, 0.1) is 0 Å². The van der Waals surface area contributed by atoms with Gasteiger partial charge in [0.05, 0.1) is 20.5 Å². The summed E-state index contributed by atoms with van der Waals surface area (Å²) in [5.74, 6) is -1.73. The van der Waals surface area contributed by atoms with Crippen LogP contribution in [0.2, 0.25) is 10.0 Å². The van der Waals surface area contributed by atoms with E-state index in [0.29, 0.717) is 5.01 Å². The molecule has 0 saturated carbocycles. The standard InChI is InChI=1S/C11H7Cl2NO4S2/c12-6-1-2-7(10(13)9(6)11(15)16)20(17,18)5-8-14-3-4-19-8/h1-4H,5H2,(H,15,16). The van der Waals surface area contributed by atoms with E-state index in [1.54, 1.807) is 5.38 Å². The molecule has 0 aliphatic carbocycles. The maximum atomic E-state index is 12.3. The topological polar surface area (TPSA) is 84.3 Å². The van der Waals surface area contributed by atoms with Gasteiger partial charge in [-0.3, -0.25) is 0 Å². The van der Waals surface area contributed by atoms with Gasteiger partial charge in [0.25, 0.3) is 0 Å². The van der Waals surface area contributed by atoms with Crippen molar-refractivity contribution >= 4 is 50.3 Å². The summed E-state index contributed by atoms with van der Waals surface area (Å²) in [4.78, 5) is 14.7. The number of halogens is 2. The van der Waals surface area contributed by atoms with Crippen LogP contribution in [0.4, 0.5) is 0 Å². The Balaban J connectivity index is 2.53. The number of carbonyl (C=O) groups is 1. The molecule has 0 aliphatic heterocycles. The van der Waals surface area contributed by atoms with E-state index in [9.17, 15) is 13.2 Å². The summed E-state index contributed by atoms with van der Waals surface area (Å²) in [5, 5.41) is 10.6. The van der Waals surface area contributed by atoms with Crippen molar-refractivity contribution in [2.45, 2.75) is 10.6 Å². The third kappa shape index (κ3) is 2.95. The van der Waals surface area contributed by atoms with Crippen LogP contribution >= 0.6 is 34.5 Å². The van der Waals surface area contributed by atoms with Gasteiger partial charge >= 0.3 is 5.97 Å². The molecular formula is C11H7Cl2NO4S2. The van der Waals surface area contributed by atoms with Gasteiger partial charge in [0.15, 0.2) is 9.84 Å². The number of aromatic nitrogens is 1. The lowest BCUT2D eigenvalue weighted by Gasteiger charge is -2.08. The molecule has 0 unspecified atom stereocenters. The third-order valence-corrected chi connectivity index (χ3v) is 5.85. The van der Waals surface area contributed by atoms with Crippen LogP contribution in [0.1, 0.15) is 15.4 Å². The monoisotopic (exact) mass is 351 g/mol. The zero-order valence-electron chi connectivity index (χ0n) is 9.71. The summed E-state index contributed by atoms with van der Waals surface area (Å²) in [6.45, 7) is 0. The largest absolute Gasteiger partial charge is 0.478 e. The number of carboxylic acids is 1. The van der Waals surface area contributed by atoms with Crippen LogP contribution in [-0.4, -0.2) is 24.5 Å². The molecule has 0 fully saturated rings. The van der Waals surface area contributed by atoms with E-state index in [1.165, 1.54) is 29.7 Å². The Bertz CT molecular complexity index is 757. The predicted octanol–water partition coefficient (Wildman–Crippen LogP) is 3.12. The van der Waals surface area contributed by atoms with E-state index in [-0.39, 0.29) is 20.7 Å². The fraction of sp³-hybridized carbons (Fsp3) is 0.0909. The van der Waals surface area contributed by atoms with Crippen molar-refractivity contribution in [3.8, 4) is 0 Å². The molecule has 1 N–H and O–H groups in total. The molecule has 106 valence electrons. The molecule has 1 heterocycles. The number of sulfone groups is 1. The Morgan fingerprint density at radius 2 is 2.05 bits per heavy atom. The lowest BCUT2D eigenvalue weighted by atomic mass is 10.2. The van der Waals surface area contributed by atoms with Crippen LogP contribution in [0.5, 0.6) is 0 Å². The van der Waals surface area contributed by atoms with Crippen molar-refractivity contribution < 1.29 is 18.3 Å². The molecule has 0 spiro atoms. The van der Waals surface area contributed by atoms with Gasteiger partial charge < -0.3 is 5.11 Å². The number of thiazole rings is 1. The van der Waals surface area contributed by atoms with E-state index in [4.69, 9.17) is 28.3 Å². The smallest absolute Gasteiger partial charge is 0.338 e. The summed E-state index contributed by atoms with van der Waals surface area (Å²) < 4.78 is 24.5. The highest BCUT2D eigenvalue weighted by Gasteiger charge is 2.25. The number of nitrogens with zero attached hydrogens (tertiary/aromatic N) is 1. The fourth-order valence-electron chi connectivity index (χ4n) is 1.53. The quantitative estimate of drug-likeness (QED) is 0.914. The molecule has 5 nitrogen and oxygen atoms in total. The van der Waals surface area contributed by atoms with Gasteiger partial charge in [-0.2, -0.15) is 0 Å². The van der Waals surface area contributed by atoms with Crippen molar-refractivity contribution in [3.63, 3.8) is 0 Å². The average molecular weight is 352 g/mol. The average Bonchev–Trinajstić information content (AvgIpc) is 2.79. The molecule has 20 heavy (non-hydrogen) atoms. The van der Waals surface area contributed by atoms with Gasteiger partial charge in [0.2, 0.25) is 0 Å². The van der Waals surface area contributed by atoms with Crippen LogP contribution in [0.3, 0.4) is 0 Å². The Hall–Kier alpha value is -1.15. The van der Waals surface area contributed by atoms with E-state index in [0.717, 1.165) is 0 Å². The first-order valence-corrected chi connectivity index (χ1v) is 8.44. The normalized spacial score (nSPS) is 11.5. The summed E-state index contributed by atoms with van der Waals surface area (Å²) in [5.41, 5.74) is -0.423. The Morgan fingerprint density at radius 1 is 1.35 bits per heavy atom. The molecule has 2 aromatic rings. The Morgan fingerprint density at radius 3 is 2.60 bits per heavy atom. The SMILES string of the molecule is O=C(O)c1c(Cl)ccc(S(=O)(=O)Cc2nccs2)c1Cl. The Labute approximate surface area is 128 Å². The highest BCUT2D eigenvalue weighted by molar-refractivity contribution is 7.90. The van der Waals surface area contributed by atoms with Crippen molar-refractivity contribution in [3.05, 3.63) is 44.3 Å². The maximum Gasteiger partial charge on any atom is 0.338 e. The Kier molecular flexibility index (Phi) is 4.33. The number of benzene rings is 1. The van der Waals surface area contributed by atoms with Crippen LogP contribution in [-0.2, 0) is 15.6 Å². The van der Waals surface area contributed by atoms with Gasteiger partial charge in [-0.25, -0.2) is 18.2 Å². The first kappa shape index (κ1) is 15.2. The molecule has 9 heteroatoms. The zero-order chi connectivity index (χ0) is 14.9. The van der Waals surface area contributed by atoms with Gasteiger partial charge in [-0.15, -0.1) is 11.3 Å². The maximum absolute atomic E-state index is 12.3. The second-order valence-corrected chi connectivity index (χ2v) is 7.45. The van der Waals surface area contributed by atoms with Gasteiger partial charge in [0, 0.05) is 11.6 Å². The van der Waals surface area contributed by atoms with E-state index >= 15 is 0 Å². The van der Waals surface area contributed by atoms with E-state index < -0.39 is 21.4 Å². The first-order valence-electron chi connectivity index (χ1n) is 5.15. The second-order valence-electron chi connectivity index (χ2n) is 3.72. The summed E-state index contributed by atoms with van der Waals surface area (Å²) in [6.07, 6.45) is 1.49. The molecule has 0 atom stereocenters. The molecule has 1 aromatic heterocycles. The summed E-state index contributed by atoms with van der Waals surface area (Å²) in [6, 6.07) is 2.39. The lowest BCUT2D eigenvalue weighted by molar-refractivity contribution is 0.0697. The fourth-order valence-corrected chi connectivity index (χ4v) is 4.76. The highest BCUT2D eigenvalue weighted by atomic mass is 35.5. The molecule has 0 saturated heterocycles. The second kappa shape index (κ2) is 5.69. The third-order valence-electron chi connectivity index (χ3n) is 2.40. The molecule has 2 rings (SSSR count). The lowest BCUT2D eigenvalue weighted by Crippen LogP contribution is -2.09. The minimum Gasteiger partial charge on any atom is -0.478 e. The number of aromatic carboxylic acids is 1. The van der Waals surface area contributed by atoms with E-state index in [2.05, 4.69) is 4.98 Å². The number of carboxylic acid groups (broad SMARTS) is 1. The molecular weight excluding hydrogens is 345 g/mol. The summed E-state index contributed by atoms with van der Waals surface area (Å²) >= 11 is 12.8. The number of hydrogen-bond acceptors (Lipinski definition) is 5. The number of rotatable bonds is 4.